The van der Waals surface area contributed by atoms with E-state index in [1.165, 1.54) is 0 Å². The predicted molar refractivity (Wildman–Crippen MR) is 49.5 cm³/mol. The molecule has 1 aliphatic heterocycles. The number of piperidine rings is 1. The molecule has 0 aliphatic carbocycles. The zero-order valence-corrected chi connectivity index (χ0v) is 7.90. The molecule has 0 aromatic rings. The van der Waals surface area contributed by atoms with Gasteiger partial charge >= 0.3 is 0 Å². The standard InChI is InChI=1S/C10H17NO/c1-7-5-6-8(9(12)11-7)10(2,3)4/h8H,1,5-6H2,2-4H3,(H,11,12)/i5D2. The molecule has 1 amide bonds. The van der Waals surface area contributed by atoms with Crippen LogP contribution in [0.1, 0.15) is 36.3 Å². The Hall–Kier alpha value is -0.790. The van der Waals surface area contributed by atoms with E-state index >= 15 is 0 Å². The number of allylic oxidation sites excluding steroid dienone is 1. The zero-order chi connectivity index (χ0) is 11.1. The van der Waals surface area contributed by atoms with E-state index in [1.807, 2.05) is 20.8 Å². The molecule has 2 nitrogen and oxygen atoms in total. The van der Waals surface area contributed by atoms with Gasteiger partial charge in [-0.05, 0) is 18.2 Å². The van der Waals surface area contributed by atoms with Crippen molar-refractivity contribution >= 4 is 5.91 Å². The topological polar surface area (TPSA) is 29.1 Å². The van der Waals surface area contributed by atoms with Crippen LogP contribution in [0.4, 0.5) is 0 Å². The van der Waals surface area contributed by atoms with Gasteiger partial charge in [0.1, 0.15) is 0 Å². The van der Waals surface area contributed by atoms with Gasteiger partial charge in [0.15, 0.2) is 0 Å². The normalized spacial score (nSPS) is 32.1. The number of carbonyl (C=O) groups is 1. The van der Waals surface area contributed by atoms with Crippen LogP contribution < -0.4 is 5.32 Å². The minimum absolute atomic E-state index is 0.113. The molecule has 0 radical (unpaired) electrons. The summed E-state index contributed by atoms with van der Waals surface area (Å²) in [6, 6.07) is 0. The molecule has 0 saturated carbocycles. The molecule has 1 unspecified atom stereocenters. The Bertz CT molecular complexity index is 278. The van der Waals surface area contributed by atoms with Gasteiger partial charge < -0.3 is 5.32 Å². The lowest BCUT2D eigenvalue weighted by molar-refractivity contribution is -0.129. The summed E-state index contributed by atoms with van der Waals surface area (Å²) >= 11 is 0. The minimum atomic E-state index is -1.48. The van der Waals surface area contributed by atoms with E-state index < -0.39 is 6.37 Å². The molecule has 12 heavy (non-hydrogen) atoms. The summed E-state index contributed by atoms with van der Waals surface area (Å²) in [6.45, 7) is 9.36. The van der Waals surface area contributed by atoms with Crippen molar-refractivity contribution in [1.82, 2.24) is 5.32 Å². The molecule has 1 atom stereocenters. The molecule has 1 rings (SSSR count). The summed E-state index contributed by atoms with van der Waals surface area (Å²) in [6.07, 6.45) is -1.26. The van der Waals surface area contributed by atoms with E-state index in [0.717, 1.165) is 0 Å². The largest absolute Gasteiger partial charge is 0.330 e. The predicted octanol–water partition coefficient (Wildman–Crippen LogP) is 2.07. The van der Waals surface area contributed by atoms with Crippen LogP contribution in [0.15, 0.2) is 12.3 Å². The molecular weight excluding hydrogens is 150 g/mol. The fourth-order valence-corrected chi connectivity index (χ4v) is 1.30. The maximum atomic E-state index is 11.6. The lowest BCUT2D eigenvalue weighted by Gasteiger charge is -2.33. The highest BCUT2D eigenvalue weighted by Gasteiger charge is 2.33. The van der Waals surface area contributed by atoms with E-state index in [9.17, 15) is 4.79 Å². The number of rotatable bonds is 0. The first-order valence-electron chi connectivity index (χ1n) is 5.15. The molecule has 0 aromatic heterocycles. The van der Waals surface area contributed by atoms with Crippen molar-refractivity contribution in [3.05, 3.63) is 12.3 Å². The van der Waals surface area contributed by atoms with Gasteiger partial charge in [-0.3, -0.25) is 4.79 Å². The molecule has 0 bridgehead atoms. The quantitative estimate of drug-likeness (QED) is 0.591. The maximum absolute atomic E-state index is 11.6. The average Bonchev–Trinajstić information content (AvgIpc) is 1.95. The van der Waals surface area contributed by atoms with Gasteiger partial charge in [-0.15, -0.1) is 0 Å². The number of carbonyl (C=O) groups excluding carboxylic acids is 1. The molecule has 1 N–H and O–H groups in total. The van der Waals surface area contributed by atoms with Gasteiger partial charge in [-0.25, -0.2) is 0 Å². The van der Waals surface area contributed by atoms with Crippen molar-refractivity contribution in [3.8, 4) is 0 Å². The van der Waals surface area contributed by atoms with Crippen LogP contribution in [-0.2, 0) is 4.79 Å². The third-order valence-electron chi connectivity index (χ3n) is 2.16. The van der Waals surface area contributed by atoms with E-state index in [-0.39, 0.29) is 29.4 Å². The van der Waals surface area contributed by atoms with Crippen molar-refractivity contribution in [2.75, 3.05) is 0 Å². The fourth-order valence-electron chi connectivity index (χ4n) is 1.30. The van der Waals surface area contributed by atoms with Crippen LogP contribution in [-0.4, -0.2) is 5.91 Å². The SMILES string of the molecule is [2H]C1([2H])CC(C(C)(C)C)C(=O)NC1=C. The molecule has 1 heterocycles. The van der Waals surface area contributed by atoms with Crippen molar-refractivity contribution in [2.45, 2.75) is 33.6 Å². The highest BCUT2D eigenvalue weighted by molar-refractivity contribution is 5.82. The maximum Gasteiger partial charge on any atom is 0.227 e. The first-order chi connectivity index (χ1) is 6.14. The molecule has 68 valence electrons. The van der Waals surface area contributed by atoms with Crippen LogP contribution in [0.2, 0.25) is 0 Å². The number of amides is 1. The Balaban J connectivity index is 2.92. The second-order valence-electron chi connectivity index (χ2n) is 4.27. The highest BCUT2D eigenvalue weighted by Crippen LogP contribution is 2.33. The smallest absolute Gasteiger partial charge is 0.227 e. The van der Waals surface area contributed by atoms with E-state index in [0.29, 0.717) is 0 Å². The van der Waals surface area contributed by atoms with E-state index in [1.54, 1.807) is 0 Å². The van der Waals surface area contributed by atoms with Crippen molar-refractivity contribution in [3.63, 3.8) is 0 Å². The van der Waals surface area contributed by atoms with Crippen LogP contribution in [0.5, 0.6) is 0 Å². The van der Waals surface area contributed by atoms with Crippen molar-refractivity contribution in [1.29, 1.82) is 0 Å². The molecular formula is C10H17NO. The van der Waals surface area contributed by atoms with Gasteiger partial charge in [0, 0.05) is 14.4 Å². The van der Waals surface area contributed by atoms with Crippen LogP contribution in [0.3, 0.4) is 0 Å². The molecule has 1 fully saturated rings. The third-order valence-corrected chi connectivity index (χ3v) is 2.16. The minimum Gasteiger partial charge on any atom is -0.330 e. The number of hydrogen-bond donors (Lipinski definition) is 1. The Kier molecular flexibility index (Phi) is 1.63. The number of hydrogen-bond acceptors (Lipinski definition) is 1. The lowest BCUT2D eigenvalue weighted by Crippen LogP contribution is -2.41. The fraction of sp³-hybridized carbons (Fsp3) is 0.700. The van der Waals surface area contributed by atoms with Gasteiger partial charge in [0.2, 0.25) is 5.91 Å². The second kappa shape index (κ2) is 2.92. The lowest BCUT2D eigenvalue weighted by atomic mass is 9.76. The van der Waals surface area contributed by atoms with Crippen LogP contribution in [0, 0.1) is 11.3 Å². The first kappa shape index (κ1) is 6.70. The van der Waals surface area contributed by atoms with E-state index in [2.05, 4.69) is 11.9 Å². The van der Waals surface area contributed by atoms with Crippen LogP contribution in [0.25, 0.3) is 0 Å². The van der Waals surface area contributed by atoms with Crippen LogP contribution >= 0.6 is 0 Å². The van der Waals surface area contributed by atoms with Crippen molar-refractivity contribution < 1.29 is 7.54 Å². The first-order valence-corrected chi connectivity index (χ1v) is 4.15. The molecule has 1 aliphatic rings. The molecule has 1 saturated heterocycles. The zero-order valence-electron chi connectivity index (χ0n) is 9.90. The van der Waals surface area contributed by atoms with Gasteiger partial charge in [-0.1, -0.05) is 27.4 Å². The van der Waals surface area contributed by atoms with Gasteiger partial charge in [0.25, 0.3) is 0 Å². The highest BCUT2D eigenvalue weighted by atomic mass is 16.2. The monoisotopic (exact) mass is 169 g/mol. The van der Waals surface area contributed by atoms with Gasteiger partial charge in [-0.2, -0.15) is 0 Å². The summed E-state index contributed by atoms with van der Waals surface area (Å²) in [7, 11) is 0. The summed E-state index contributed by atoms with van der Waals surface area (Å²) in [5.41, 5.74) is -0.0269. The number of nitrogens with one attached hydrogen (secondary N) is 1. The summed E-state index contributed by atoms with van der Waals surface area (Å²) in [4.78, 5) is 11.6. The second-order valence-corrected chi connectivity index (χ2v) is 4.27. The summed E-state index contributed by atoms with van der Waals surface area (Å²) in [5.74, 6) is -0.402. The Morgan fingerprint density at radius 2 is 2.25 bits per heavy atom. The van der Waals surface area contributed by atoms with Gasteiger partial charge in [0.05, 0.1) is 0 Å². The average molecular weight is 169 g/mol. The molecule has 2 heteroatoms. The Labute approximate surface area is 76.8 Å². The van der Waals surface area contributed by atoms with E-state index in [4.69, 9.17) is 2.74 Å². The Morgan fingerprint density at radius 3 is 2.75 bits per heavy atom. The molecule has 0 spiro atoms. The third kappa shape index (κ3) is 1.87. The summed E-state index contributed by atoms with van der Waals surface area (Å²) < 4.78 is 15.4. The van der Waals surface area contributed by atoms with Crippen molar-refractivity contribution in [2.24, 2.45) is 11.3 Å². The summed E-state index contributed by atoms with van der Waals surface area (Å²) in [5, 5.41) is 2.52. The Morgan fingerprint density at radius 1 is 1.67 bits per heavy atom. The molecule has 0 aromatic carbocycles.